The van der Waals surface area contributed by atoms with Gasteiger partial charge in [-0.25, -0.2) is 48.6 Å². The Morgan fingerprint density at radius 3 is 1.23 bits per heavy atom. The van der Waals surface area contributed by atoms with Crippen molar-refractivity contribution in [2.24, 2.45) is 36.1 Å². The average molecular weight is 1020 g/mol. The zero-order valence-electron chi connectivity index (χ0n) is 35.6. The van der Waals surface area contributed by atoms with Gasteiger partial charge in [0.2, 0.25) is 17.1 Å². The van der Waals surface area contributed by atoms with Crippen molar-refractivity contribution >= 4 is 98.6 Å². The first-order chi connectivity index (χ1) is 29.4. The molecule has 0 saturated carbocycles. The molecule has 0 saturated heterocycles. The van der Waals surface area contributed by atoms with Crippen LogP contribution < -0.4 is 34.2 Å². The van der Waals surface area contributed by atoms with Crippen molar-refractivity contribution in [1.82, 2.24) is 4.98 Å². The molecule has 0 aliphatic carbocycles. The number of hydrogen-bond donors (Lipinski definition) is 0. The molecule has 5 aliphatic rings. The first kappa shape index (κ1) is 52.0. The number of allylic oxidation sites excluding steroid dienone is 3. The Balaban J connectivity index is 0.000000373. The Morgan fingerprint density at radius 1 is 0.554 bits per heavy atom. The molecule has 4 aromatic rings. The third-order valence-electron chi connectivity index (χ3n) is 8.85. The molecular formula is C40H40CuN8O12S4. The van der Waals surface area contributed by atoms with Crippen LogP contribution in [-0.4, -0.2) is 101 Å². The number of hydrogen-bond acceptors (Lipinski definition) is 16. The Labute approximate surface area is 386 Å². The summed E-state index contributed by atoms with van der Waals surface area (Å²) in [6, 6.07) is 12.6. The number of aliphatic imine (C=N–C) groups is 3. The van der Waals surface area contributed by atoms with E-state index in [1.54, 1.807) is 0 Å². The van der Waals surface area contributed by atoms with Crippen LogP contribution >= 0.6 is 0 Å². The van der Waals surface area contributed by atoms with E-state index in [2.05, 4.69) is 144 Å². The molecular weight excluding hydrogens is 976 g/mol. The fourth-order valence-corrected chi connectivity index (χ4v) is 6.88. The van der Waals surface area contributed by atoms with Crippen LogP contribution in [0, 0.1) is 0 Å². The molecule has 0 unspecified atom stereocenters. The van der Waals surface area contributed by atoms with E-state index < -0.39 is 40.5 Å². The number of anilines is 1. The number of nitrogens with zero attached hydrogens (tertiary/aromatic N) is 8. The molecule has 5 aliphatic heterocycles. The molecule has 4 aromatic heterocycles. The van der Waals surface area contributed by atoms with Crippen molar-refractivity contribution in [1.29, 1.82) is 0 Å². The molecule has 9 heterocycles. The molecule has 65 heavy (non-hydrogen) atoms. The van der Waals surface area contributed by atoms with E-state index >= 15 is 0 Å². The molecule has 0 fully saturated rings. The van der Waals surface area contributed by atoms with E-state index in [4.69, 9.17) is 71.8 Å². The largest absolute Gasteiger partial charge is 2.00 e. The summed E-state index contributed by atoms with van der Waals surface area (Å²) in [4.78, 5) is 23.0. The summed E-state index contributed by atoms with van der Waals surface area (Å²) in [5.41, 5.74) is 13.5. The normalized spacial score (nSPS) is 14.9. The topological polar surface area (TPSA) is 295 Å². The predicted molar refractivity (Wildman–Crippen MR) is 234 cm³/mol. The quantitative estimate of drug-likeness (QED) is 0.108. The monoisotopic (exact) mass is 1020 g/mol. The minimum absolute atomic E-state index is 0. The number of rotatable bonds is 0. The van der Waals surface area contributed by atoms with Crippen LogP contribution in [-0.2, 0) is 78.7 Å². The first-order valence-electron chi connectivity index (χ1n) is 18.3. The smallest absolute Gasteiger partial charge is 0.748 e. The zero-order chi connectivity index (χ0) is 47.7. The van der Waals surface area contributed by atoms with Crippen LogP contribution in [0.2, 0.25) is 0 Å². The van der Waals surface area contributed by atoms with Gasteiger partial charge in [-0.1, -0.05) is 6.08 Å². The summed E-state index contributed by atoms with van der Waals surface area (Å²) in [6.45, 7) is 0. The van der Waals surface area contributed by atoms with Crippen molar-refractivity contribution in [2.45, 2.75) is 0 Å². The van der Waals surface area contributed by atoms with Gasteiger partial charge in [0.15, 0.2) is 18.6 Å². The van der Waals surface area contributed by atoms with Crippen molar-refractivity contribution in [2.75, 3.05) is 37.0 Å². The van der Waals surface area contributed by atoms with Gasteiger partial charge in [-0.3, -0.25) is 0 Å². The number of pyridine rings is 3. The van der Waals surface area contributed by atoms with Gasteiger partial charge in [0.1, 0.15) is 38.3 Å². The molecule has 0 aromatic carbocycles. The number of aryl methyl sites for hydroxylation is 3. The number of aromatic nitrogens is 4. The van der Waals surface area contributed by atoms with Crippen molar-refractivity contribution in [3.05, 3.63) is 129 Å². The maximum atomic E-state index is 9.08. The zero-order valence-corrected chi connectivity index (χ0v) is 39.9. The maximum Gasteiger partial charge on any atom is 2.00 e. The Morgan fingerprint density at radius 2 is 0.877 bits per heavy atom. The average Bonchev–Trinajstić information content (AvgIpc) is 3.86. The van der Waals surface area contributed by atoms with Gasteiger partial charge in [-0.05, 0) is 53.8 Å². The first-order valence-corrected chi connectivity index (χ1v) is 25.5. The molecule has 20 nitrogen and oxygen atoms in total. The summed E-state index contributed by atoms with van der Waals surface area (Å²) in [6.07, 6.45) is 23.3. The van der Waals surface area contributed by atoms with Gasteiger partial charge in [0.25, 0.3) is 0 Å². The van der Waals surface area contributed by atoms with Crippen LogP contribution in [0.25, 0.3) is 35.3 Å². The van der Waals surface area contributed by atoms with Gasteiger partial charge < -0.3 is 28.1 Å². The molecule has 347 valence electrons. The fraction of sp³-hybridized carbons (Fsp3) is 0.200. The van der Waals surface area contributed by atoms with E-state index in [1.807, 2.05) is 0 Å². The second-order valence-corrected chi connectivity index (χ2v) is 20.1. The SMILES string of the molecule is CN1C=CC=c2c1c1[n-]c2=CC2=NC(=CC3=NC(=CC4=NC(=C1)c1ccc[n+](C)c14)c1ccc[n+](C)c13)c1ccc[n+](C)c12.CS(=O)(=O)[O-].CS(=O)(=O)[O-].CS(=O)(=O)[O-].CS(=O)(=O)[O-].[Cu+2]. The molecule has 0 amide bonds. The molecule has 9 rings (SSSR count). The Hall–Kier alpha value is -5.60. The summed E-state index contributed by atoms with van der Waals surface area (Å²) >= 11 is 0. The van der Waals surface area contributed by atoms with Crippen molar-refractivity contribution in [3.63, 3.8) is 0 Å². The second-order valence-electron chi connectivity index (χ2n) is 14.4. The van der Waals surface area contributed by atoms with E-state index in [1.165, 1.54) is 0 Å². The van der Waals surface area contributed by atoms with Gasteiger partial charge in [-0.2, -0.15) is 13.7 Å². The second kappa shape index (κ2) is 19.9. The van der Waals surface area contributed by atoms with Gasteiger partial charge in [0, 0.05) is 62.2 Å². The van der Waals surface area contributed by atoms with E-state index in [0.29, 0.717) is 25.0 Å². The van der Waals surface area contributed by atoms with E-state index in [0.717, 1.165) is 89.9 Å². The van der Waals surface area contributed by atoms with Gasteiger partial charge >= 0.3 is 17.1 Å². The Kier molecular flexibility index (Phi) is 15.9. The molecule has 0 N–H and O–H groups in total. The van der Waals surface area contributed by atoms with Crippen LogP contribution in [0.15, 0.2) is 94.4 Å². The van der Waals surface area contributed by atoms with Gasteiger partial charge in [-0.15, -0.1) is 11.0 Å². The minimum Gasteiger partial charge on any atom is -0.748 e. The molecule has 8 bridgehead atoms. The molecule has 0 atom stereocenters. The molecule has 1 radical (unpaired) electrons. The van der Waals surface area contributed by atoms with Crippen LogP contribution in [0.1, 0.15) is 39.5 Å². The van der Waals surface area contributed by atoms with Gasteiger partial charge in [0.05, 0.1) is 74.3 Å². The predicted octanol–water partition coefficient (Wildman–Crippen LogP) is -1.71. The molecule has 0 spiro atoms. The molecule has 25 heteroatoms. The standard InChI is InChI=1S/C36H28N8.4CH4O3S.Cu/c1-41-13-5-9-21-25-18-30-35-23(11-7-15-43(35)3)27(39-30)20-32-36-24(12-8-16-44(36)4)28(40-32)19-31-34-22(10-6-14-42(34)2)26(38-31)17-29(37-25)33(21)41;4*1-5(2,3)4;/h5-20H,1-4H3;4*1H3,(H,2,3,4);/q+2;;;;;+2/p-4. The third-order valence-corrected chi connectivity index (χ3v) is 8.85. The number of fused-ring (bicyclic) bond motifs is 17. The van der Waals surface area contributed by atoms with E-state index in [-0.39, 0.29) is 17.1 Å². The Bertz CT molecular complexity index is 3280. The van der Waals surface area contributed by atoms with Crippen LogP contribution in [0.5, 0.6) is 0 Å². The van der Waals surface area contributed by atoms with Crippen LogP contribution in [0.4, 0.5) is 5.69 Å². The summed E-state index contributed by atoms with van der Waals surface area (Å²) < 4.78 is 115. The van der Waals surface area contributed by atoms with Crippen molar-refractivity contribution in [3.8, 4) is 0 Å². The van der Waals surface area contributed by atoms with Crippen LogP contribution in [0.3, 0.4) is 0 Å². The van der Waals surface area contributed by atoms with Crippen molar-refractivity contribution < 1.29 is 82.7 Å². The summed E-state index contributed by atoms with van der Waals surface area (Å²) in [5, 5.41) is 1.95. The summed E-state index contributed by atoms with van der Waals surface area (Å²) in [5.74, 6) is 0. The minimum atomic E-state index is -3.92. The summed E-state index contributed by atoms with van der Waals surface area (Å²) in [7, 11) is -7.40. The van der Waals surface area contributed by atoms with E-state index in [9.17, 15) is 0 Å². The fourth-order valence-electron chi connectivity index (χ4n) is 6.88. The maximum absolute atomic E-state index is 9.08. The third kappa shape index (κ3) is 14.2.